The number of hydrogen-bond acceptors (Lipinski definition) is 3. The fourth-order valence-corrected chi connectivity index (χ4v) is 2.85. The van der Waals surface area contributed by atoms with Crippen LogP contribution in [0.25, 0.3) is 0 Å². The summed E-state index contributed by atoms with van der Waals surface area (Å²) in [6.07, 6.45) is 4.19. The summed E-state index contributed by atoms with van der Waals surface area (Å²) in [5, 5.41) is 0. The van der Waals surface area contributed by atoms with Crippen LogP contribution in [-0.2, 0) is 11.2 Å². The lowest BCUT2D eigenvalue weighted by atomic mass is 10.0. The zero-order valence-corrected chi connectivity index (χ0v) is 13.3. The van der Waals surface area contributed by atoms with Gasteiger partial charge in [-0.05, 0) is 44.1 Å². The molecule has 1 heterocycles. The van der Waals surface area contributed by atoms with Crippen molar-refractivity contribution in [3.8, 4) is 5.75 Å². The number of nitrogens with zero attached hydrogens (tertiary/aromatic N) is 2. The van der Waals surface area contributed by atoms with E-state index in [0.717, 1.165) is 24.4 Å². The highest BCUT2D eigenvalue weighted by molar-refractivity contribution is 5.78. The number of carbonyl (C=O) groups excluding carboxylic acids is 1. The average molecular weight is 290 g/mol. The summed E-state index contributed by atoms with van der Waals surface area (Å²) < 4.78 is 5.13. The van der Waals surface area contributed by atoms with E-state index in [1.54, 1.807) is 7.11 Å². The van der Waals surface area contributed by atoms with Gasteiger partial charge in [0.05, 0.1) is 13.5 Å². The van der Waals surface area contributed by atoms with Crippen molar-refractivity contribution in [2.45, 2.75) is 31.7 Å². The number of carbonyl (C=O) groups is 1. The van der Waals surface area contributed by atoms with Crippen molar-refractivity contribution in [1.82, 2.24) is 9.80 Å². The molecule has 1 aliphatic heterocycles. The number of ether oxygens (including phenoxy) is 1. The molecule has 0 saturated carbocycles. The minimum absolute atomic E-state index is 0.180. The Kier molecular flexibility index (Phi) is 5.62. The summed E-state index contributed by atoms with van der Waals surface area (Å²) in [7, 11) is 5.72. The minimum Gasteiger partial charge on any atom is -0.497 e. The maximum Gasteiger partial charge on any atom is 0.226 e. The predicted octanol–water partition coefficient (Wildman–Crippen LogP) is 2.18. The highest BCUT2D eigenvalue weighted by Gasteiger charge is 2.22. The van der Waals surface area contributed by atoms with Gasteiger partial charge in [-0.3, -0.25) is 4.79 Å². The van der Waals surface area contributed by atoms with Gasteiger partial charge >= 0.3 is 0 Å². The fraction of sp³-hybridized carbons (Fsp3) is 0.588. The lowest BCUT2D eigenvalue weighted by Gasteiger charge is -2.35. The number of likely N-dealkylation sites (N-methyl/N-ethyl adjacent to an activating group) is 2. The van der Waals surface area contributed by atoms with Crippen molar-refractivity contribution in [3.63, 3.8) is 0 Å². The lowest BCUT2D eigenvalue weighted by molar-refractivity contribution is -0.130. The van der Waals surface area contributed by atoms with E-state index in [2.05, 4.69) is 11.9 Å². The normalized spacial score (nSPS) is 19.3. The van der Waals surface area contributed by atoms with Gasteiger partial charge in [-0.15, -0.1) is 0 Å². The number of hydrogen-bond donors (Lipinski definition) is 0. The molecule has 0 aliphatic carbocycles. The maximum atomic E-state index is 12.3. The first-order valence-electron chi connectivity index (χ1n) is 7.67. The van der Waals surface area contributed by atoms with Crippen LogP contribution in [0.3, 0.4) is 0 Å². The van der Waals surface area contributed by atoms with Crippen molar-refractivity contribution >= 4 is 5.91 Å². The van der Waals surface area contributed by atoms with E-state index >= 15 is 0 Å². The molecular weight excluding hydrogens is 264 g/mol. The van der Waals surface area contributed by atoms with Crippen LogP contribution >= 0.6 is 0 Å². The quantitative estimate of drug-likeness (QED) is 0.833. The van der Waals surface area contributed by atoms with Crippen molar-refractivity contribution in [2.24, 2.45) is 0 Å². The molecule has 21 heavy (non-hydrogen) atoms. The largest absolute Gasteiger partial charge is 0.497 e. The topological polar surface area (TPSA) is 32.8 Å². The first kappa shape index (κ1) is 15.8. The summed E-state index contributed by atoms with van der Waals surface area (Å²) in [6.45, 7) is 1.97. The van der Waals surface area contributed by atoms with Gasteiger partial charge in [-0.25, -0.2) is 0 Å². The highest BCUT2D eigenvalue weighted by atomic mass is 16.5. The van der Waals surface area contributed by atoms with Gasteiger partial charge in [-0.2, -0.15) is 0 Å². The zero-order chi connectivity index (χ0) is 15.2. The zero-order valence-electron chi connectivity index (χ0n) is 13.3. The number of likely N-dealkylation sites (tertiary alicyclic amines) is 1. The third kappa shape index (κ3) is 4.46. The summed E-state index contributed by atoms with van der Waals surface area (Å²) >= 11 is 0. The first-order valence-corrected chi connectivity index (χ1v) is 7.67. The Hall–Kier alpha value is -1.55. The lowest BCUT2D eigenvalue weighted by Crippen LogP contribution is -2.45. The molecule has 1 aromatic rings. The fourth-order valence-electron chi connectivity index (χ4n) is 2.85. The van der Waals surface area contributed by atoms with Gasteiger partial charge in [0.25, 0.3) is 0 Å². The molecule has 0 radical (unpaired) electrons. The Bertz CT molecular complexity index is 458. The van der Waals surface area contributed by atoms with Gasteiger partial charge in [-0.1, -0.05) is 18.6 Å². The molecule has 1 aliphatic rings. The Morgan fingerprint density at radius 3 is 2.67 bits per heavy atom. The molecule has 116 valence electrons. The highest BCUT2D eigenvalue weighted by Crippen LogP contribution is 2.16. The van der Waals surface area contributed by atoms with E-state index in [1.807, 2.05) is 36.2 Å². The maximum absolute atomic E-state index is 12.3. The molecule has 0 aromatic heterocycles. The summed E-state index contributed by atoms with van der Waals surface area (Å²) in [4.78, 5) is 16.6. The first-order chi connectivity index (χ1) is 10.1. The van der Waals surface area contributed by atoms with Crippen molar-refractivity contribution in [2.75, 3.05) is 34.3 Å². The third-order valence-corrected chi connectivity index (χ3v) is 4.35. The summed E-state index contributed by atoms with van der Waals surface area (Å²) in [5.74, 6) is 1.00. The average Bonchev–Trinajstić information content (AvgIpc) is 2.50. The number of amides is 1. The van der Waals surface area contributed by atoms with E-state index in [0.29, 0.717) is 12.5 Å². The molecule has 0 N–H and O–H groups in total. The van der Waals surface area contributed by atoms with Crippen LogP contribution in [0.2, 0.25) is 0 Å². The van der Waals surface area contributed by atoms with Crippen LogP contribution in [0.1, 0.15) is 24.8 Å². The second-order valence-corrected chi connectivity index (χ2v) is 5.93. The van der Waals surface area contributed by atoms with Gasteiger partial charge < -0.3 is 14.5 Å². The van der Waals surface area contributed by atoms with Gasteiger partial charge in [0.1, 0.15) is 5.75 Å². The van der Waals surface area contributed by atoms with E-state index in [9.17, 15) is 4.79 Å². The number of methoxy groups -OCH3 is 1. The van der Waals surface area contributed by atoms with Crippen LogP contribution < -0.4 is 4.74 Å². The molecule has 4 heteroatoms. The van der Waals surface area contributed by atoms with Crippen LogP contribution in [0.5, 0.6) is 5.75 Å². The van der Waals surface area contributed by atoms with E-state index < -0.39 is 0 Å². The Morgan fingerprint density at radius 2 is 2.05 bits per heavy atom. The monoisotopic (exact) mass is 290 g/mol. The van der Waals surface area contributed by atoms with Crippen LogP contribution in [0.15, 0.2) is 24.3 Å². The number of piperidine rings is 1. The second kappa shape index (κ2) is 7.46. The number of benzene rings is 1. The molecule has 1 saturated heterocycles. The SMILES string of the molecule is COc1ccc(CC(=O)N(C)C[C@H]2CCCCN2C)cc1. The Balaban J connectivity index is 1.86. The van der Waals surface area contributed by atoms with E-state index in [1.165, 1.54) is 19.3 Å². The molecule has 1 aromatic carbocycles. The van der Waals surface area contributed by atoms with Gasteiger partial charge in [0.15, 0.2) is 0 Å². The second-order valence-electron chi connectivity index (χ2n) is 5.93. The molecule has 4 nitrogen and oxygen atoms in total. The molecule has 0 spiro atoms. The Morgan fingerprint density at radius 1 is 1.33 bits per heavy atom. The van der Waals surface area contributed by atoms with Gasteiger partial charge in [0.2, 0.25) is 5.91 Å². The van der Waals surface area contributed by atoms with Crippen molar-refractivity contribution < 1.29 is 9.53 Å². The van der Waals surface area contributed by atoms with Crippen molar-refractivity contribution in [3.05, 3.63) is 29.8 Å². The predicted molar refractivity (Wildman–Crippen MR) is 84.6 cm³/mol. The number of rotatable bonds is 5. The van der Waals surface area contributed by atoms with Crippen LogP contribution in [-0.4, -0.2) is 56.0 Å². The smallest absolute Gasteiger partial charge is 0.226 e. The van der Waals surface area contributed by atoms with E-state index in [4.69, 9.17) is 4.74 Å². The minimum atomic E-state index is 0.180. The summed E-state index contributed by atoms with van der Waals surface area (Å²) in [6, 6.07) is 8.22. The molecule has 0 bridgehead atoms. The molecule has 0 unspecified atom stereocenters. The van der Waals surface area contributed by atoms with Crippen molar-refractivity contribution in [1.29, 1.82) is 0 Å². The molecule has 1 amide bonds. The van der Waals surface area contributed by atoms with Crippen LogP contribution in [0.4, 0.5) is 0 Å². The molecule has 1 fully saturated rings. The summed E-state index contributed by atoms with van der Waals surface area (Å²) in [5.41, 5.74) is 1.03. The standard InChI is InChI=1S/C17H26N2O2/c1-18-11-5-4-6-15(18)13-19(2)17(20)12-14-7-9-16(21-3)10-8-14/h7-10,15H,4-6,11-13H2,1-3H3/t15-/m1/s1. The Labute approximate surface area is 127 Å². The molecule has 1 atom stereocenters. The van der Waals surface area contributed by atoms with E-state index in [-0.39, 0.29) is 5.91 Å². The van der Waals surface area contributed by atoms with Crippen LogP contribution in [0, 0.1) is 0 Å². The molecular formula is C17H26N2O2. The molecule has 2 rings (SSSR count). The third-order valence-electron chi connectivity index (χ3n) is 4.35. The van der Waals surface area contributed by atoms with Gasteiger partial charge in [0, 0.05) is 19.6 Å².